The van der Waals surface area contributed by atoms with E-state index in [9.17, 15) is 4.79 Å². The number of nitrogens with zero attached hydrogens (tertiary/aromatic N) is 1. The molecule has 0 bridgehead atoms. The minimum Gasteiger partial charge on any atom is -0.490 e. The molecule has 25 heavy (non-hydrogen) atoms. The first-order valence-corrected chi connectivity index (χ1v) is 8.74. The largest absolute Gasteiger partial charge is 0.490 e. The maximum atomic E-state index is 12.4. The summed E-state index contributed by atoms with van der Waals surface area (Å²) in [6.45, 7) is 2.73. The second-order valence-electron chi connectivity index (χ2n) is 5.07. The van der Waals surface area contributed by atoms with Crippen molar-refractivity contribution >= 4 is 17.3 Å². The summed E-state index contributed by atoms with van der Waals surface area (Å²) in [4.78, 5) is 16.6. The summed E-state index contributed by atoms with van der Waals surface area (Å²) >= 11 is 1.51. The smallest absolute Gasteiger partial charge is 0.343 e. The van der Waals surface area contributed by atoms with Gasteiger partial charge in [0.1, 0.15) is 12.4 Å². The van der Waals surface area contributed by atoms with Gasteiger partial charge in [-0.1, -0.05) is 18.2 Å². The van der Waals surface area contributed by atoms with Crippen LogP contribution in [0.1, 0.15) is 23.0 Å². The Balaban J connectivity index is 1.69. The van der Waals surface area contributed by atoms with Crippen molar-refractivity contribution in [3.63, 3.8) is 0 Å². The molecule has 128 valence electrons. The molecule has 3 rings (SSSR count). The molecule has 3 aromatic rings. The van der Waals surface area contributed by atoms with Crippen molar-refractivity contribution in [1.82, 2.24) is 4.98 Å². The van der Waals surface area contributed by atoms with Gasteiger partial charge in [0.05, 0.1) is 23.4 Å². The Morgan fingerprint density at radius 1 is 1.08 bits per heavy atom. The first-order chi connectivity index (χ1) is 12.3. The van der Waals surface area contributed by atoms with Gasteiger partial charge in [-0.25, -0.2) is 9.78 Å². The highest BCUT2D eigenvalue weighted by atomic mass is 32.1. The van der Waals surface area contributed by atoms with E-state index in [-0.39, 0.29) is 0 Å². The Kier molecular flexibility index (Phi) is 5.64. The van der Waals surface area contributed by atoms with Crippen LogP contribution in [0.4, 0.5) is 0 Å². The number of benzene rings is 2. The van der Waals surface area contributed by atoms with E-state index in [1.807, 2.05) is 18.4 Å². The number of carbonyl (C=O) groups excluding carboxylic acids is 1. The molecule has 0 radical (unpaired) electrons. The molecule has 0 aliphatic rings. The molecule has 5 nitrogen and oxygen atoms in total. The van der Waals surface area contributed by atoms with E-state index in [2.05, 4.69) is 4.98 Å². The zero-order chi connectivity index (χ0) is 17.5. The van der Waals surface area contributed by atoms with Crippen LogP contribution in [0, 0.1) is 0 Å². The van der Waals surface area contributed by atoms with E-state index in [4.69, 9.17) is 14.2 Å². The van der Waals surface area contributed by atoms with Crippen LogP contribution in [0.2, 0.25) is 0 Å². The molecule has 0 aliphatic carbocycles. The third-order valence-corrected chi connectivity index (χ3v) is 3.93. The van der Waals surface area contributed by atoms with Gasteiger partial charge in [0.15, 0.2) is 11.5 Å². The number of aromatic nitrogens is 1. The van der Waals surface area contributed by atoms with Crippen molar-refractivity contribution in [2.75, 3.05) is 6.61 Å². The first-order valence-electron chi connectivity index (χ1n) is 7.80. The number of para-hydroxylation sites is 2. The van der Waals surface area contributed by atoms with Crippen LogP contribution >= 0.6 is 11.3 Å². The van der Waals surface area contributed by atoms with Crippen molar-refractivity contribution in [3.05, 3.63) is 70.7 Å². The minimum absolute atomic E-state index is 0.356. The van der Waals surface area contributed by atoms with Gasteiger partial charge >= 0.3 is 5.97 Å². The van der Waals surface area contributed by atoms with E-state index in [1.54, 1.807) is 48.0 Å². The Morgan fingerprint density at radius 2 is 1.92 bits per heavy atom. The van der Waals surface area contributed by atoms with Gasteiger partial charge in [-0.3, -0.25) is 0 Å². The average Bonchev–Trinajstić information content (AvgIpc) is 3.16. The van der Waals surface area contributed by atoms with Crippen molar-refractivity contribution in [1.29, 1.82) is 0 Å². The molecular weight excluding hydrogens is 338 g/mol. The van der Waals surface area contributed by atoms with Crippen LogP contribution in [0.5, 0.6) is 17.2 Å². The second kappa shape index (κ2) is 8.30. The van der Waals surface area contributed by atoms with Crippen LogP contribution in [0.15, 0.2) is 59.4 Å². The summed E-state index contributed by atoms with van der Waals surface area (Å²) in [5.74, 6) is 1.05. The summed E-state index contributed by atoms with van der Waals surface area (Å²) < 4.78 is 16.6. The maximum absolute atomic E-state index is 12.4. The zero-order valence-corrected chi connectivity index (χ0v) is 14.5. The molecule has 0 unspecified atom stereocenters. The van der Waals surface area contributed by atoms with Gasteiger partial charge in [0, 0.05) is 5.38 Å². The number of rotatable bonds is 7. The van der Waals surface area contributed by atoms with E-state index < -0.39 is 5.97 Å². The highest BCUT2D eigenvalue weighted by Gasteiger charge is 2.13. The number of hydrogen-bond acceptors (Lipinski definition) is 6. The fourth-order valence-electron chi connectivity index (χ4n) is 2.15. The number of esters is 1. The average molecular weight is 355 g/mol. The van der Waals surface area contributed by atoms with E-state index in [1.165, 1.54) is 11.3 Å². The van der Waals surface area contributed by atoms with E-state index in [0.29, 0.717) is 36.0 Å². The Bertz CT molecular complexity index is 833. The van der Waals surface area contributed by atoms with Gasteiger partial charge < -0.3 is 14.2 Å². The lowest BCUT2D eigenvalue weighted by molar-refractivity contribution is 0.0728. The molecular formula is C19H17NO4S. The Morgan fingerprint density at radius 3 is 2.68 bits per heavy atom. The molecule has 6 heteroatoms. The standard InChI is InChI=1S/C19H17NO4S/c1-2-22-17-8-3-4-9-18(17)24-19(21)14-6-5-7-16(10-14)23-11-15-12-25-13-20-15/h3-10,12-13H,2,11H2,1H3. The van der Waals surface area contributed by atoms with Crippen LogP contribution in [-0.2, 0) is 6.61 Å². The van der Waals surface area contributed by atoms with Crippen LogP contribution in [0.3, 0.4) is 0 Å². The van der Waals surface area contributed by atoms with Gasteiger partial charge in [0.2, 0.25) is 0 Å². The van der Waals surface area contributed by atoms with Crippen LogP contribution < -0.4 is 14.2 Å². The summed E-state index contributed by atoms with van der Waals surface area (Å²) in [5.41, 5.74) is 3.01. The molecule has 0 saturated heterocycles. The summed E-state index contributed by atoms with van der Waals surface area (Å²) in [6.07, 6.45) is 0. The first kappa shape index (κ1) is 17.0. The molecule has 0 fully saturated rings. The Labute approximate surface area is 149 Å². The lowest BCUT2D eigenvalue weighted by Crippen LogP contribution is -2.10. The van der Waals surface area contributed by atoms with Crippen molar-refractivity contribution in [2.24, 2.45) is 0 Å². The molecule has 0 amide bonds. The van der Waals surface area contributed by atoms with Crippen LogP contribution in [0.25, 0.3) is 0 Å². The van der Waals surface area contributed by atoms with Gasteiger partial charge in [-0.2, -0.15) is 0 Å². The molecule has 2 aromatic carbocycles. The molecule has 0 saturated carbocycles. The molecule has 0 spiro atoms. The summed E-state index contributed by atoms with van der Waals surface area (Å²) in [6, 6.07) is 14.0. The third kappa shape index (κ3) is 4.58. The molecule has 0 aliphatic heterocycles. The quantitative estimate of drug-likeness (QED) is 0.466. The molecule has 0 atom stereocenters. The van der Waals surface area contributed by atoms with Gasteiger partial charge in [-0.15, -0.1) is 11.3 Å². The van der Waals surface area contributed by atoms with Crippen LogP contribution in [-0.4, -0.2) is 17.6 Å². The number of hydrogen-bond donors (Lipinski definition) is 0. The number of thiazole rings is 1. The topological polar surface area (TPSA) is 57.7 Å². The fraction of sp³-hybridized carbons (Fsp3) is 0.158. The van der Waals surface area contributed by atoms with Gasteiger partial charge in [0.25, 0.3) is 0 Å². The number of ether oxygens (including phenoxy) is 3. The lowest BCUT2D eigenvalue weighted by atomic mass is 10.2. The monoisotopic (exact) mass is 355 g/mol. The van der Waals surface area contributed by atoms with E-state index >= 15 is 0 Å². The predicted molar refractivity (Wildman–Crippen MR) is 95.5 cm³/mol. The summed E-state index contributed by atoms with van der Waals surface area (Å²) in [5, 5.41) is 1.92. The molecule has 1 aromatic heterocycles. The second-order valence-corrected chi connectivity index (χ2v) is 5.78. The van der Waals surface area contributed by atoms with Crippen molar-refractivity contribution in [3.8, 4) is 17.2 Å². The number of carbonyl (C=O) groups is 1. The minimum atomic E-state index is -0.466. The normalized spacial score (nSPS) is 10.3. The highest BCUT2D eigenvalue weighted by molar-refractivity contribution is 7.07. The molecule has 0 N–H and O–H groups in total. The summed E-state index contributed by atoms with van der Waals surface area (Å²) in [7, 11) is 0. The Hall–Kier alpha value is -2.86. The fourth-order valence-corrected chi connectivity index (χ4v) is 2.69. The van der Waals surface area contributed by atoms with Crippen molar-refractivity contribution in [2.45, 2.75) is 13.5 Å². The van der Waals surface area contributed by atoms with E-state index in [0.717, 1.165) is 5.69 Å². The highest BCUT2D eigenvalue weighted by Crippen LogP contribution is 2.27. The van der Waals surface area contributed by atoms with Gasteiger partial charge in [-0.05, 0) is 37.3 Å². The van der Waals surface area contributed by atoms with Crippen molar-refractivity contribution < 1.29 is 19.0 Å². The maximum Gasteiger partial charge on any atom is 0.343 e. The zero-order valence-electron chi connectivity index (χ0n) is 13.7. The third-order valence-electron chi connectivity index (χ3n) is 3.29. The molecule has 1 heterocycles. The predicted octanol–water partition coefficient (Wildman–Crippen LogP) is 4.34. The lowest BCUT2D eigenvalue weighted by Gasteiger charge is -2.11. The SMILES string of the molecule is CCOc1ccccc1OC(=O)c1cccc(OCc2cscn2)c1.